The minimum atomic E-state index is -0.278. The Hall–Kier alpha value is -3.59. The van der Waals surface area contributed by atoms with Crippen molar-refractivity contribution in [1.29, 1.82) is 0 Å². The van der Waals surface area contributed by atoms with E-state index >= 15 is 0 Å². The molecule has 2 aromatic carbocycles. The number of hydrogen-bond donors (Lipinski definition) is 1. The molecule has 6 heteroatoms. The fourth-order valence-corrected chi connectivity index (χ4v) is 2.82. The van der Waals surface area contributed by atoms with Crippen LogP contribution in [0.15, 0.2) is 53.3 Å². The maximum atomic E-state index is 12.6. The van der Waals surface area contributed by atoms with Crippen LogP contribution in [-0.4, -0.2) is 22.3 Å². The first-order valence-corrected chi connectivity index (χ1v) is 8.58. The first-order chi connectivity index (χ1) is 13.2. The van der Waals surface area contributed by atoms with Gasteiger partial charge in [-0.2, -0.15) is 5.10 Å². The molecule has 0 unspecified atom stereocenters. The molecule has 3 rings (SSSR count). The van der Waals surface area contributed by atoms with Gasteiger partial charge in [0.25, 0.3) is 11.5 Å². The summed E-state index contributed by atoms with van der Waals surface area (Å²) in [5.74, 6) is 2.67. The van der Waals surface area contributed by atoms with Crippen molar-refractivity contribution in [3.05, 3.63) is 70.1 Å². The number of carbonyl (C=O) groups is 1. The van der Waals surface area contributed by atoms with Gasteiger partial charge in [-0.05, 0) is 25.1 Å². The molecule has 0 saturated carbocycles. The number of carbonyl (C=O) groups excluding carboxylic acids is 1. The molecule has 0 aliphatic rings. The summed E-state index contributed by atoms with van der Waals surface area (Å²) in [4.78, 5) is 25.1. The summed E-state index contributed by atoms with van der Waals surface area (Å²) in [6.45, 7) is 2.55. The van der Waals surface area contributed by atoms with Crippen molar-refractivity contribution in [1.82, 2.24) is 15.1 Å². The van der Waals surface area contributed by atoms with Crippen molar-refractivity contribution < 1.29 is 9.53 Å². The van der Waals surface area contributed by atoms with E-state index in [4.69, 9.17) is 11.2 Å². The Balaban J connectivity index is 1.91. The Morgan fingerprint density at radius 2 is 1.89 bits per heavy atom. The molecule has 1 heterocycles. The Labute approximate surface area is 156 Å². The summed E-state index contributed by atoms with van der Waals surface area (Å²) in [5, 5.41) is 8.38. The van der Waals surface area contributed by atoms with Crippen LogP contribution in [0.4, 0.5) is 0 Å². The average molecular weight is 361 g/mol. The Kier molecular flexibility index (Phi) is 5.53. The number of benzene rings is 2. The monoisotopic (exact) mass is 361 g/mol. The highest BCUT2D eigenvalue weighted by molar-refractivity contribution is 5.97. The summed E-state index contributed by atoms with van der Waals surface area (Å²) < 4.78 is 6.74. The van der Waals surface area contributed by atoms with Crippen LogP contribution in [0.25, 0.3) is 10.8 Å². The zero-order valence-electron chi connectivity index (χ0n) is 14.9. The molecule has 0 aliphatic heterocycles. The number of aromatic nitrogens is 2. The number of hydrogen-bond acceptors (Lipinski definition) is 4. The van der Waals surface area contributed by atoms with Gasteiger partial charge in [-0.25, -0.2) is 4.68 Å². The van der Waals surface area contributed by atoms with Crippen LogP contribution in [-0.2, 0) is 13.1 Å². The Morgan fingerprint density at radius 1 is 1.19 bits per heavy atom. The molecular weight excluding hydrogens is 342 g/mol. The zero-order chi connectivity index (χ0) is 19.2. The predicted octanol–water partition coefficient (Wildman–Crippen LogP) is 2.36. The van der Waals surface area contributed by atoms with E-state index in [9.17, 15) is 9.59 Å². The van der Waals surface area contributed by atoms with Crippen LogP contribution in [0.3, 0.4) is 0 Å². The van der Waals surface area contributed by atoms with Crippen molar-refractivity contribution >= 4 is 16.7 Å². The lowest BCUT2D eigenvalue weighted by Crippen LogP contribution is -2.28. The summed E-state index contributed by atoms with van der Waals surface area (Å²) >= 11 is 0. The third-order valence-corrected chi connectivity index (χ3v) is 4.03. The first kappa shape index (κ1) is 18.2. The number of nitrogens with zero attached hydrogens (tertiary/aromatic N) is 2. The van der Waals surface area contributed by atoms with Crippen molar-refractivity contribution in [3.63, 3.8) is 0 Å². The molecule has 0 fully saturated rings. The van der Waals surface area contributed by atoms with Gasteiger partial charge in [0.15, 0.2) is 0 Å². The molecule has 1 amide bonds. The molecule has 1 N–H and O–H groups in total. The van der Waals surface area contributed by atoms with Gasteiger partial charge in [0.1, 0.15) is 12.3 Å². The third-order valence-electron chi connectivity index (χ3n) is 4.03. The van der Waals surface area contributed by atoms with Crippen molar-refractivity contribution in [2.75, 3.05) is 6.61 Å². The molecule has 3 aromatic rings. The summed E-state index contributed by atoms with van der Waals surface area (Å²) in [6, 6.07) is 14.2. The number of amides is 1. The van der Waals surface area contributed by atoms with E-state index in [1.165, 1.54) is 4.68 Å². The molecular formula is C21H19N3O3. The maximum Gasteiger partial charge on any atom is 0.275 e. The molecule has 0 atom stereocenters. The smallest absolute Gasteiger partial charge is 0.275 e. The Bertz CT molecular complexity index is 1080. The third kappa shape index (κ3) is 3.82. The molecule has 136 valence electrons. The molecule has 0 radical (unpaired) electrons. The highest BCUT2D eigenvalue weighted by atomic mass is 16.5. The van der Waals surface area contributed by atoms with Crippen LogP contribution in [0, 0.1) is 12.3 Å². The van der Waals surface area contributed by atoms with Crippen molar-refractivity contribution in [3.8, 4) is 18.1 Å². The fraction of sp³-hybridized carbons (Fsp3) is 0.190. The first-order valence-electron chi connectivity index (χ1n) is 8.58. The van der Waals surface area contributed by atoms with Gasteiger partial charge in [0.05, 0.1) is 29.8 Å². The lowest BCUT2D eigenvalue weighted by molar-refractivity contribution is 0.0946. The van der Waals surface area contributed by atoms with Gasteiger partial charge in [-0.3, -0.25) is 9.59 Å². The van der Waals surface area contributed by atoms with E-state index in [-0.39, 0.29) is 24.6 Å². The van der Waals surface area contributed by atoms with Gasteiger partial charge in [-0.15, -0.1) is 6.42 Å². The molecule has 1 aromatic heterocycles. The quantitative estimate of drug-likeness (QED) is 0.684. The second-order valence-corrected chi connectivity index (χ2v) is 5.77. The van der Waals surface area contributed by atoms with Gasteiger partial charge >= 0.3 is 0 Å². The highest BCUT2D eigenvalue weighted by Gasteiger charge is 2.14. The van der Waals surface area contributed by atoms with Gasteiger partial charge < -0.3 is 10.1 Å². The van der Waals surface area contributed by atoms with Crippen molar-refractivity contribution in [2.45, 2.75) is 20.0 Å². The number of fused-ring (bicyclic) bond motifs is 1. The van der Waals surface area contributed by atoms with Crippen LogP contribution < -0.4 is 15.6 Å². The molecule has 0 bridgehead atoms. The van der Waals surface area contributed by atoms with Crippen LogP contribution >= 0.6 is 0 Å². The second kappa shape index (κ2) is 8.19. The largest absolute Gasteiger partial charge is 0.493 e. The summed E-state index contributed by atoms with van der Waals surface area (Å²) in [6.07, 6.45) is 5.33. The predicted molar refractivity (Wildman–Crippen MR) is 104 cm³/mol. The minimum Gasteiger partial charge on any atom is -0.493 e. The van der Waals surface area contributed by atoms with Crippen LogP contribution in [0.2, 0.25) is 0 Å². The number of ether oxygens (including phenoxy) is 1. The van der Waals surface area contributed by atoms with Crippen molar-refractivity contribution in [2.24, 2.45) is 0 Å². The maximum absolute atomic E-state index is 12.6. The van der Waals surface area contributed by atoms with Crippen LogP contribution in [0.5, 0.6) is 5.75 Å². The SMILES string of the molecule is C#CCn1nc(CNC(=O)c2ccccc2OCC)c2ccccc2c1=O. The summed E-state index contributed by atoms with van der Waals surface area (Å²) in [7, 11) is 0. The fourth-order valence-electron chi connectivity index (χ4n) is 2.82. The lowest BCUT2D eigenvalue weighted by Gasteiger charge is -2.12. The van der Waals surface area contributed by atoms with E-state index in [1.807, 2.05) is 19.1 Å². The molecule has 0 saturated heterocycles. The van der Waals surface area contributed by atoms with E-state index in [1.54, 1.807) is 36.4 Å². The van der Waals surface area contributed by atoms with Crippen LogP contribution in [0.1, 0.15) is 23.0 Å². The molecule has 0 spiro atoms. The number of nitrogens with one attached hydrogen (secondary N) is 1. The molecule has 6 nitrogen and oxygen atoms in total. The number of rotatable bonds is 6. The molecule has 27 heavy (non-hydrogen) atoms. The van der Waals surface area contributed by atoms with E-state index in [2.05, 4.69) is 16.3 Å². The summed E-state index contributed by atoms with van der Waals surface area (Å²) in [5.41, 5.74) is 0.767. The number of para-hydroxylation sites is 1. The average Bonchev–Trinajstić information content (AvgIpc) is 2.70. The number of terminal acetylenes is 1. The van der Waals surface area contributed by atoms with Gasteiger partial charge in [-0.1, -0.05) is 36.3 Å². The molecule has 0 aliphatic carbocycles. The topological polar surface area (TPSA) is 73.2 Å². The van der Waals surface area contributed by atoms with Gasteiger partial charge in [0, 0.05) is 5.39 Å². The zero-order valence-corrected chi connectivity index (χ0v) is 14.9. The Morgan fingerprint density at radius 3 is 2.63 bits per heavy atom. The normalized spacial score (nSPS) is 10.4. The lowest BCUT2D eigenvalue weighted by atomic mass is 10.1. The van der Waals surface area contributed by atoms with E-state index in [0.717, 1.165) is 0 Å². The van der Waals surface area contributed by atoms with E-state index < -0.39 is 0 Å². The minimum absolute atomic E-state index is 0.0672. The van der Waals surface area contributed by atoms with Gasteiger partial charge in [0.2, 0.25) is 0 Å². The van der Waals surface area contributed by atoms with E-state index in [0.29, 0.717) is 34.4 Å². The highest BCUT2D eigenvalue weighted by Crippen LogP contribution is 2.18. The second-order valence-electron chi connectivity index (χ2n) is 5.77. The standard InChI is InChI=1S/C21H19N3O3/c1-3-13-24-21(26)16-10-6-5-9-15(16)18(23-24)14-22-20(25)17-11-7-8-12-19(17)27-4-2/h1,5-12H,4,13-14H2,2H3,(H,22,25).